The van der Waals surface area contributed by atoms with E-state index in [1.54, 1.807) is 25.1 Å². The van der Waals surface area contributed by atoms with Crippen LogP contribution < -0.4 is 15.2 Å². The summed E-state index contributed by atoms with van der Waals surface area (Å²) < 4.78 is 26.9. The third-order valence-electron chi connectivity index (χ3n) is 1.86. The van der Waals surface area contributed by atoms with Gasteiger partial charge in [-0.3, -0.25) is 4.18 Å². The van der Waals surface area contributed by atoms with Crippen LogP contribution >= 0.6 is 12.4 Å². The van der Waals surface area contributed by atoms with Crippen LogP contribution in [0.4, 0.5) is 9.57 Å². The van der Waals surface area contributed by atoms with E-state index in [1.165, 1.54) is 7.11 Å². The Kier molecular flexibility index (Phi) is 5.21. The zero-order chi connectivity index (χ0) is 12.0. The van der Waals surface area contributed by atoms with Crippen LogP contribution in [0.15, 0.2) is 18.2 Å². The molecular formula is C10H14FNO3S. The van der Waals surface area contributed by atoms with Crippen molar-refractivity contribution in [1.29, 1.82) is 0 Å². The topological polar surface area (TPSA) is 53.7 Å². The number of hydrogen-bond donors (Lipinski definition) is 1. The lowest BCUT2D eigenvalue weighted by atomic mass is 10.3. The minimum atomic E-state index is -0.350. The summed E-state index contributed by atoms with van der Waals surface area (Å²) in [5, 5.41) is 0. The Balaban J connectivity index is 2.59. The number of methoxy groups -OCH3 is 1. The van der Waals surface area contributed by atoms with Crippen LogP contribution in [0.2, 0.25) is 0 Å². The van der Waals surface area contributed by atoms with Crippen molar-refractivity contribution in [2.75, 3.05) is 19.5 Å². The minimum Gasteiger partial charge on any atom is -0.493 e. The molecule has 1 aromatic rings. The van der Waals surface area contributed by atoms with E-state index in [9.17, 15) is 3.89 Å². The first-order chi connectivity index (χ1) is 7.67. The van der Waals surface area contributed by atoms with E-state index in [-0.39, 0.29) is 25.1 Å². The molecule has 2 N–H and O–H groups in total. The van der Waals surface area contributed by atoms with Gasteiger partial charge in [0, 0.05) is 11.8 Å². The molecule has 0 fully saturated rings. The van der Waals surface area contributed by atoms with Gasteiger partial charge in [0.2, 0.25) is 12.4 Å². The molecule has 90 valence electrons. The van der Waals surface area contributed by atoms with Gasteiger partial charge in [0.15, 0.2) is 11.5 Å². The first-order valence-corrected chi connectivity index (χ1v) is 5.32. The molecule has 0 heterocycles. The van der Waals surface area contributed by atoms with Crippen molar-refractivity contribution in [1.82, 2.24) is 0 Å². The van der Waals surface area contributed by atoms with Crippen LogP contribution in [-0.2, 0) is 4.18 Å². The van der Waals surface area contributed by atoms with E-state index in [1.807, 2.05) is 0 Å². The van der Waals surface area contributed by atoms with Crippen molar-refractivity contribution >= 4 is 18.1 Å². The molecule has 1 atom stereocenters. The summed E-state index contributed by atoms with van der Waals surface area (Å²) in [4.78, 5) is 0. The molecule has 16 heavy (non-hydrogen) atoms. The predicted octanol–water partition coefficient (Wildman–Crippen LogP) is 2.59. The maximum absolute atomic E-state index is 11.8. The highest BCUT2D eigenvalue weighted by Gasteiger charge is 2.08. The number of hydrogen-bond acceptors (Lipinski definition) is 5. The van der Waals surface area contributed by atoms with Crippen molar-refractivity contribution in [3.8, 4) is 11.5 Å². The molecule has 0 aliphatic rings. The van der Waals surface area contributed by atoms with Crippen molar-refractivity contribution in [2.45, 2.75) is 13.0 Å². The van der Waals surface area contributed by atoms with Gasteiger partial charge in [-0.25, -0.2) is 0 Å². The molecule has 6 heteroatoms. The van der Waals surface area contributed by atoms with Crippen LogP contribution in [-0.4, -0.2) is 19.8 Å². The van der Waals surface area contributed by atoms with E-state index in [4.69, 9.17) is 15.2 Å². The Hall–Kier alpha value is -1.14. The summed E-state index contributed by atoms with van der Waals surface area (Å²) in [5.41, 5.74) is 6.18. The summed E-state index contributed by atoms with van der Waals surface area (Å²) in [6, 6.07) is 5.06. The highest BCUT2D eigenvalue weighted by atomic mass is 32.2. The second kappa shape index (κ2) is 6.44. The lowest BCUT2D eigenvalue weighted by Gasteiger charge is -2.13. The van der Waals surface area contributed by atoms with Gasteiger partial charge in [0.05, 0.1) is 7.11 Å². The quantitative estimate of drug-likeness (QED) is 0.618. The fraction of sp³-hybridized carbons (Fsp3) is 0.400. The van der Waals surface area contributed by atoms with Gasteiger partial charge in [-0.15, -0.1) is 3.89 Å². The van der Waals surface area contributed by atoms with Crippen molar-refractivity contribution < 1.29 is 17.5 Å². The highest BCUT2D eigenvalue weighted by molar-refractivity contribution is 7.89. The minimum absolute atomic E-state index is 0.174. The van der Waals surface area contributed by atoms with Gasteiger partial charge in [-0.1, -0.05) is 0 Å². The van der Waals surface area contributed by atoms with Gasteiger partial charge in [0.1, 0.15) is 12.7 Å². The molecule has 0 saturated heterocycles. The molecule has 0 aromatic heterocycles. The van der Waals surface area contributed by atoms with Crippen molar-refractivity contribution in [3.63, 3.8) is 0 Å². The number of nitrogen functional groups attached to an aromatic ring is 1. The molecule has 1 aromatic carbocycles. The molecule has 0 aliphatic carbocycles. The molecule has 0 aliphatic heterocycles. The van der Waals surface area contributed by atoms with Crippen LogP contribution in [0, 0.1) is 0 Å². The Morgan fingerprint density at radius 3 is 2.81 bits per heavy atom. The largest absolute Gasteiger partial charge is 0.493 e. The molecule has 0 radical (unpaired) electrons. The lowest BCUT2D eigenvalue weighted by Crippen LogP contribution is -2.15. The average Bonchev–Trinajstić information content (AvgIpc) is 2.27. The maximum atomic E-state index is 11.8. The third-order valence-corrected chi connectivity index (χ3v) is 2.26. The summed E-state index contributed by atoms with van der Waals surface area (Å²) in [6.45, 7) is 1.94. The van der Waals surface area contributed by atoms with Gasteiger partial charge >= 0.3 is 0 Å². The highest BCUT2D eigenvalue weighted by Crippen LogP contribution is 2.29. The molecule has 1 unspecified atom stereocenters. The Labute approximate surface area is 98.4 Å². The summed E-state index contributed by atoms with van der Waals surface area (Å²) >= 11 is -0.174. The van der Waals surface area contributed by atoms with Gasteiger partial charge in [0.25, 0.3) is 0 Å². The first-order valence-electron chi connectivity index (χ1n) is 4.67. The third kappa shape index (κ3) is 3.79. The molecule has 0 spiro atoms. The number of benzene rings is 1. The summed E-state index contributed by atoms with van der Waals surface area (Å²) in [6.07, 6.45) is -0.350. The predicted molar refractivity (Wildman–Crippen MR) is 62.1 cm³/mol. The van der Waals surface area contributed by atoms with E-state index < -0.39 is 0 Å². The number of halogens is 1. The van der Waals surface area contributed by atoms with Gasteiger partial charge in [-0.05, 0) is 19.1 Å². The summed E-state index contributed by atoms with van der Waals surface area (Å²) in [5.74, 6) is 1.09. The number of anilines is 1. The van der Waals surface area contributed by atoms with E-state index in [0.717, 1.165) is 0 Å². The average molecular weight is 247 g/mol. The van der Waals surface area contributed by atoms with Crippen molar-refractivity contribution in [3.05, 3.63) is 18.2 Å². The molecule has 0 bridgehead atoms. The van der Waals surface area contributed by atoms with Crippen LogP contribution in [0.5, 0.6) is 11.5 Å². The fourth-order valence-electron chi connectivity index (χ4n) is 1.10. The summed E-state index contributed by atoms with van der Waals surface area (Å²) in [7, 11) is 1.53. The Morgan fingerprint density at radius 2 is 2.19 bits per heavy atom. The monoisotopic (exact) mass is 247 g/mol. The fourth-order valence-corrected chi connectivity index (χ4v) is 1.28. The molecule has 0 amide bonds. The van der Waals surface area contributed by atoms with Gasteiger partial charge in [-0.2, -0.15) is 0 Å². The Morgan fingerprint density at radius 1 is 1.44 bits per heavy atom. The van der Waals surface area contributed by atoms with Crippen LogP contribution in [0.25, 0.3) is 0 Å². The smallest absolute Gasteiger partial charge is 0.208 e. The van der Waals surface area contributed by atoms with Crippen LogP contribution in [0.3, 0.4) is 0 Å². The second-order valence-corrected chi connectivity index (χ2v) is 3.51. The number of ether oxygens (including phenoxy) is 2. The lowest BCUT2D eigenvalue weighted by molar-refractivity contribution is 0.158. The van der Waals surface area contributed by atoms with E-state index in [0.29, 0.717) is 17.2 Å². The Bertz CT molecular complexity index is 338. The zero-order valence-corrected chi connectivity index (χ0v) is 9.92. The zero-order valence-electron chi connectivity index (χ0n) is 9.10. The number of nitrogens with two attached hydrogens (primary N) is 1. The van der Waals surface area contributed by atoms with E-state index >= 15 is 0 Å². The van der Waals surface area contributed by atoms with Crippen molar-refractivity contribution in [2.24, 2.45) is 0 Å². The van der Waals surface area contributed by atoms with Gasteiger partial charge < -0.3 is 15.2 Å². The standard InChI is InChI=1S/C10H14FNO3S/c1-7(15-16-11)6-14-9-4-3-8(12)5-10(9)13-2/h3-5,7H,6,12H2,1-2H3. The molecule has 1 rings (SSSR count). The molecular weight excluding hydrogens is 233 g/mol. The molecule has 0 saturated carbocycles. The number of rotatable bonds is 6. The van der Waals surface area contributed by atoms with E-state index in [2.05, 4.69) is 4.18 Å². The van der Waals surface area contributed by atoms with Crippen LogP contribution in [0.1, 0.15) is 6.92 Å². The SMILES string of the molecule is COc1cc(N)ccc1OCC(C)OSF. The second-order valence-electron chi connectivity index (χ2n) is 3.19. The first kappa shape index (κ1) is 12.9. The molecule has 4 nitrogen and oxygen atoms in total. The normalized spacial score (nSPS) is 12.2. The maximum Gasteiger partial charge on any atom is 0.208 e.